The van der Waals surface area contributed by atoms with Gasteiger partial charge in [-0.05, 0) is 63.1 Å². The van der Waals surface area contributed by atoms with Gasteiger partial charge in [-0.1, -0.05) is 12.1 Å². The zero-order chi connectivity index (χ0) is 23.6. The van der Waals surface area contributed by atoms with Gasteiger partial charge in [-0.2, -0.15) is 4.31 Å². The Bertz CT molecular complexity index is 1130. The van der Waals surface area contributed by atoms with Crippen molar-refractivity contribution >= 4 is 27.5 Å². The Balaban J connectivity index is 1.50. The molecule has 0 aromatic heterocycles. The first-order valence-corrected chi connectivity index (χ1v) is 12.6. The zero-order valence-corrected chi connectivity index (χ0v) is 19.7. The maximum Gasteiger partial charge on any atom is 0.255 e. The summed E-state index contributed by atoms with van der Waals surface area (Å²) in [5.41, 5.74) is 1.22. The molecule has 2 aliphatic heterocycles. The van der Waals surface area contributed by atoms with Crippen LogP contribution in [0.5, 0.6) is 0 Å². The smallest absolute Gasteiger partial charge is 0.255 e. The highest BCUT2D eigenvalue weighted by Crippen LogP contribution is 2.23. The summed E-state index contributed by atoms with van der Waals surface area (Å²) in [5, 5.41) is 2.78. The Morgan fingerprint density at radius 1 is 0.939 bits per heavy atom. The van der Waals surface area contributed by atoms with Crippen molar-refractivity contribution in [2.24, 2.45) is 0 Å². The molecule has 4 rings (SSSR count). The van der Waals surface area contributed by atoms with E-state index in [-0.39, 0.29) is 41.7 Å². The van der Waals surface area contributed by atoms with Crippen LogP contribution in [0.3, 0.4) is 0 Å². The van der Waals surface area contributed by atoms with Gasteiger partial charge in [0, 0.05) is 43.0 Å². The van der Waals surface area contributed by atoms with E-state index >= 15 is 0 Å². The van der Waals surface area contributed by atoms with E-state index < -0.39 is 15.9 Å². The van der Waals surface area contributed by atoms with E-state index in [1.54, 1.807) is 36.4 Å². The number of hydrogen-bond acceptors (Lipinski definition) is 5. The zero-order valence-electron chi connectivity index (χ0n) is 18.9. The van der Waals surface area contributed by atoms with Gasteiger partial charge in [-0.15, -0.1) is 0 Å². The van der Waals surface area contributed by atoms with E-state index in [0.717, 1.165) is 25.9 Å². The fourth-order valence-corrected chi connectivity index (χ4v) is 5.95. The molecule has 2 unspecified atom stereocenters. The van der Waals surface area contributed by atoms with Crippen LogP contribution in [0.25, 0.3) is 0 Å². The van der Waals surface area contributed by atoms with Crippen molar-refractivity contribution in [2.75, 3.05) is 31.5 Å². The van der Waals surface area contributed by atoms with E-state index in [0.29, 0.717) is 11.3 Å². The van der Waals surface area contributed by atoms with Crippen LogP contribution in [-0.2, 0) is 14.8 Å². The number of carbonyl (C=O) groups excluding carboxylic acids is 2. The van der Waals surface area contributed by atoms with Crippen molar-refractivity contribution in [3.05, 3.63) is 59.7 Å². The molecule has 2 amide bonds. The molecule has 9 heteroatoms. The number of carbonyl (C=O) groups is 2. The van der Waals surface area contributed by atoms with E-state index in [2.05, 4.69) is 5.32 Å². The van der Waals surface area contributed by atoms with Gasteiger partial charge in [-0.3, -0.25) is 9.59 Å². The third-order valence-electron chi connectivity index (χ3n) is 5.88. The normalized spacial score (nSPS) is 21.7. The lowest BCUT2D eigenvalue weighted by Gasteiger charge is -2.34. The number of nitrogens with zero attached hydrogens (tertiary/aromatic N) is 2. The van der Waals surface area contributed by atoms with Crippen LogP contribution < -0.4 is 5.32 Å². The average Bonchev–Trinajstić information content (AvgIpc) is 3.33. The van der Waals surface area contributed by atoms with Gasteiger partial charge in [0.1, 0.15) is 0 Å². The van der Waals surface area contributed by atoms with Crippen LogP contribution in [0.2, 0.25) is 0 Å². The first-order valence-electron chi connectivity index (χ1n) is 11.2. The number of hydrogen-bond donors (Lipinski definition) is 1. The fraction of sp³-hybridized carbons (Fsp3) is 0.417. The second-order valence-electron chi connectivity index (χ2n) is 8.64. The van der Waals surface area contributed by atoms with Crippen LogP contribution >= 0.6 is 0 Å². The fourth-order valence-electron chi connectivity index (χ4n) is 4.31. The lowest BCUT2D eigenvalue weighted by atomic mass is 10.1. The summed E-state index contributed by atoms with van der Waals surface area (Å²) >= 11 is 0. The molecular formula is C24H29N3O5S. The van der Waals surface area contributed by atoms with E-state index in [1.807, 2.05) is 18.7 Å². The predicted octanol–water partition coefficient (Wildman–Crippen LogP) is 2.97. The van der Waals surface area contributed by atoms with Gasteiger partial charge in [-0.25, -0.2) is 8.42 Å². The Morgan fingerprint density at radius 2 is 1.58 bits per heavy atom. The maximum atomic E-state index is 13.2. The number of rotatable bonds is 5. The second-order valence-corrected chi connectivity index (χ2v) is 10.6. The number of amides is 2. The van der Waals surface area contributed by atoms with Crippen LogP contribution in [0.15, 0.2) is 53.4 Å². The molecule has 2 aromatic carbocycles. The van der Waals surface area contributed by atoms with Crippen molar-refractivity contribution in [3.63, 3.8) is 0 Å². The number of likely N-dealkylation sites (tertiary alicyclic amines) is 1. The Kier molecular flexibility index (Phi) is 6.83. The summed E-state index contributed by atoms with van der Waals surface area (Å²) in [4.78, 5) is 27.4. The maximum absolute atomic E-state index is 13.2. The highest BCUT2D eigenvalue weighted by Gasteiger charge is 2.32. The van der Waals surface area contributed by atoms with Crippen LogP contribution in [0, 0.1) is 0 Å². The summed E-state index contributed by atoms with van der Waals surface area (Å²) in [7, 11) is -3.76. The van der Waals surface area contributed by atoms with E-state index in [9.17, 15) is 18.0 Å². The van der Waals surface area contributed by atoms with Gasteiger partial charge >= 0.3 is 0 Å². The Hall–Kier alpha value is -2.75. The van der Waals surface area contributed by atoms with Crippen LogP contribution in [0.4, 0.5) is 5.69 Å². The van der Waals surface area contributed by atoms with Crippen LogP contribution in [-0.4, -0.2) is 67.8 Å². The molecule has 0 bridgehead atoms. The third kappa shape index (κ3) is 5.26. The van der Waals surface area contributed by atoms with Crippen molar-refractivity contribution < 1.29 is 22.7 Å². The number of benzene rings is 2. The predicted molar refractivity (Wildman–Crippen MR) is 125 cm³/mol. The SMILES string of the molecule is CC1CN(S(=O)(=O)c2cccc(C(=O)Nc3cccc(C(=O)N4CCCC4)c3)c2)CC(C)O1. The molecule has 8 nitrogen and oxygen atoms in total. The molecule has 0 aliphatic carbocycles. The molecule has 176 valence electrons. The first-order chi connectivity index (χ1) is 15.7. The third-order valence-corrected chi connectivity index (χ3v) is 7.71. The highest BCUT2D eigenvalue weighted by atomic mass is 32.2. The molecule has 2 heterocycles. The van der Waals surface area contributed by atoms with Crippen molar-refractivity contribution in [1.29, 1.82) is 0 Å². The Labute approximate surface area is 194 Å². The summed E-state index contributed by atoms with van der Waals surface area (Å²) in [6.07, 6.45) is 1.60. The summed E-state index contributed by atoms with van der Waals surface area (Å²) in [5.74, 6) is -0.493. The van der Waals surface area contributed by atoms with Gasteiger partial charge in [0.15, 0.2) is 0 Å². The number of anilines is 1. The van der Waals surface area contributed by atoms with E-state index in [4.69, 9.17) is 4.74 Å². The standard InChI is InChI=1S/C24H29N3O5S/c1-17-15-27(16-18(2)32-17)33(30,31)22-10-6-7-19(14-22)23(28)25-21-9-5-8-20(13-21)24(29)26-11-3-4-12-26/h5-10,13-14,17-18H,3-4,11-12,15-16H2,1-2H3,(H,25,28). The molecule has 1 N–H and O–H groups in total. The highest BCUT2D eigenvalue weighted by molar-refractivity contribution is 7.89. The van der Waals surface area contributed by atoms with Crippen molar-refractivity contribution in [3.8, 4) is 0 Å². The molecule has 2 aliphatic rings. The quantitative estimate of drug-likeness (QED) is 0.723. The van der Waals surface area contributed by atoms with Gasteiger partial charge in [0.25, 0.3) is 11.8 Å². The van der Waals surface area contributed by atoms with Gasteiger partial charge in [0.2, 0.25) is 10.0 Å². The molecule has 2 saturated heterocycles. The van der Waals surface area contributed by atoms with E-state index in [1.165, 1.54) is 16.4 Å². The minimum absolute atomic E-state index is 0.0503. The lowest BCUT2D eigenvalue weighted by Crippen LogP contribution is -2.48. The lowest BCUT2D eigenvalue weighted by molar-refractivity contribution is -0.0440. The second kappa shape index (κ2) is 9.62. The summed E-state index contributed by atoms with van der Waals surface area (Å²) < 4.78 is 33.3. The minimum Gasteiger partial charge on any atom is -0.373 e. The van der Waals surface area contributed by atoms with Gasteiger partial charge < -0.3 is 15.0 Å². The molecule has 33 heavy (non-hydrogen) atoms. The Morgan fingerprint density at radius 3 is 2.27 bits per heavy atom. The minimum atomic E-state index is -3.76. The summed E-state index contributed by atoms with van der Waals surface area (Å²) in [6.45, 7) is 5.70. The number of ether oxygens (including phenoxy) is 1. The molecule has 2 atom stereocenters. The molecule has 0 spiro atoms. The largest absolute Gasteiger partial charge is 0.373 e. The number of sulfonamides is 1. The molecule has 2 aromatic rings. The summed E-state index contributed by atoms with van der Waals surface area (Å²) in [6, 6.07) is 12.8. The van der Waals surface area contributed by atoms with Crippen LogP contribution in [0.1, 0.15) is 47.4 Å². The monoisotopic (exact) mass is 471 g/mol. The van der Waals surface area contributed by atoms with Crippen molar-refractivity contribution in [2.45, 2.75) is 43.8 Å². The van der Waals surface area contributed by atoms with Crippen molar-refractivity contribution in [1.82, 2.24) is 9.21 Å². The number of nitrogens with one attached hydrogen (secondary N) is 1. The molecule has 0 saturated carbocycles. The first kappa shape index (κ1) is 23.4. The average molecular weight is 472 g/mol. The topological polar surface area (TPSA) is 96.0 Å². The molecule has 0 radical (unpaired) electrons. The van der Waals surface area contributed by atoms with Gasteiger partial charge in [0.05, 0.1) is 17.1 Å². The number of morpholine rings is 1. The molecular weight excluding hydrogens is 442 g/mol. The molecule has 2 fully saturated rings.